The van der Waals surface area contributed by atoms with Crippen LogP contribution in [0.3, 0.4) is 0 Å². The topological polar surface area (TPSA) is 17.1 Å². The quantitative estimate of drug-likeness (QED) is 0.440. The summed E-state index contributed by atoms with van der Waals surface area (Å²) in [6.07, 6.45) is 8.75. The lowest BCUT2D eigenvalue weighted by atomic mass is 9.62. The first-order valence-electron chi connectivity index (χ1n) is 5.91. The van der Waals surface area contributed by atoms with Crippen LogP contribution in [-0.2, 0) is 4.79 Å². The number of hydrogen-bond acceptors (Lipinski definition) is 1. The molecular formula is C13H19IO. The Morgan fingerprint density at radius 2 is 2.33 bits per heavy atom. The number of ketones is 1. The molecule has 2 aliphatic carbocycles. The summed E-state index contributed by atoms with van der Waals surface area (Å²) < 4.78 is 1.15. The molecule has 0 aromatic carbocycles. The number of fused-ring (bicyclic) bond motifs is 1. The fourth-order valence-electron chi connectivity index (χ4n) is 3.65. The second kappa shape index (κ2) is 4.56. The highest BCUT2D eigenvalue weighted by Gasteiger charge is 2.51. The van der Waals surface area contributed by atoms with Crippen LogP contribution in [0, 0.1) is 17.3 Å². The van der Waals surface area contributed by atoms with Gasteiger partial charge in [0.2, 0.25) is 0 Å². The van der Waals surface area contributed by atoms with Crippen molar-refractivity contribution in [2.75, 3.05) is 4.43 Å². The third-order valence-corrected chi connectivity index (χ3v) is 5.85. The zero-order chi connectivity index (χ0) is 10.9. The molecule has 0 spiro atoms. The maximum Gasteiger partial charge on any atom is 0.133 e. The molecule has 0 N–H and O–H groups in total. The largest absolute Gasteiger partial charge is 0.300 e. The number of carbonyl (C=O) groups excluding carboxylic acids is 1. The maximum absolute atomic E-state index is 11.7. The average molecular weight is 318 g/mol. The van der Waals surface area contributed by atoms with Crippen molar-refractivity contribution in [1.82, 2.24) is 0 Å². The number of rotatable bonds is 3. The van der Waals surface area contributed by atoms with Gasteiger partial charge in [-0.2, -0.15) is 0 Å². The van der Waals surface area contributed by atoms with Crippen LogP contribution in [0.25, 0.3) is 0 Å². The third-order valence-electron chi connectivity index (χ3n) is 4.43. The minimum Gasteiger partial charge on any atom is -0.300 e. The van der Waals surface area contributed by atoms with Gasteiger partial charge >= 0.3 is 0 Å². The van der Waals surface area contributed by atoms with Crippen LogP contribution in [0.2, 0.25) is 0 Å². The van der Waals surface area contributed by atoms with E-state index in [9.17, 15) is 4.79 Å². The zero-order valence-corrected chi connectivity index (χ0v) is 11.3. The lowest BCUT2D eigenvalue weighted by Gasteiger charge is -2.44. The van der Waals surface area contributed by atoms with Gasteiger partial charge in [0.25, 0.3) is 0 Å². The van der Waals surface area contributed by atoms with Crippen LogP contribution < -0.4 is 0 Å². The Labute approximate surface area is 106 Å². The van der Waals surface area contributed by atoms with Gasteiger partial charge in [0, 0.05) is 17.3 Å². The molecule has 3 unspecified atom stereocenters. The zero-order valence-electron chi connectivity index (χ0n) is 9.18. The van der Waals surface area contributed by atoms with E-state index in [0.717, 1.165) is 29.6 Å². The highest BCUT2D eigenvalue weighted by Crippen LogP contribution is 2.56. The molecule has 0 bridgehead atoms. The van der Waals surface area contributed by atoms with Gasteiger partial charge in [0.05, 0.1) is 0 Å². The number of Topliss-reactive ketones (excluding diaryl/α,β-unsaturated/α-hetero) is 1. The highest BCUT2D eigenvalue weighted by atomic mass is 127. The Hall–Kier alpha value is 0.140. The van der Waals surface area contributed by atoms with Crippen molar-refractivity contribution in [2.45, 2.75) is 38.5 Å². The molecule has 84 valence electrons. The van der Waals surface area contributed by atoms with Gasteiger partial charge in [-0.15, -0.1) is 6.58 Å². The Balaban J connectivity index is 2.24. The van der Waals surface area contributed by atoms with Crippen LogP contribution in [-0.4, -0.2) is 10.2 Å². The summed E-state index contributed by atoms with van der Waals surface area (Å²) in [6.45, 7) is 3.87. The van der Waals surface area contributed by atoms with Crippen LogP contribution in [0.1, 0.15) is 38.5 Å². The van der Waals surface area contributed by atoms with E-state index in [2.05, 4.69) is 29.2 Å². The fourth-order valence-corrected chi connectivity index (χ4v) is 5.16. The van der Waals surface area contributed by atoms with E-state index in [-0.39, 0.29) is 0 Å². The summed E-state index contributed by atoms with van der Waals surface area (Å²) in [5.41, 5.74) is 0.337. The first-order valence-corrected chi connectivity index (χ1v) is 7.44. The first-order chi connectivity index (χ1) is 7.23. The Kier molecular flexibility index (Phi) is 3.53. The lowest BCUT2D eigenvalue weighted by molar-refractivity contribution is -0.118. The Bertz CT molecular complexity index is 274. The molecule has 0 aromatic rings. The van der Waals surface area contributed by atoms with Crippen molar-refractivity contribution in [3.8, 4) is 0 Å². The molecular weight excluding hydrogens is 299 g/mol. The molecule has 3 atom stereocenters. The van der Waals surface area contributed by atoms with Gasteiger partial charge in [-0.1, -0.05) is 35.1 Å². The highest BCUT2D eigenvalue weighted by molar-refractivity contribution is 14.1. The third kappa shape index (κ3) is 1.90. The second-order valence-electron chi connectivity index (χ2n) is 5.14. The van der Waals surface area contributed by atoms with Crippen molar-refractivity contribution in [3.05, 3.63) is 12.7 Å². The number of halogens is 1. The average Bonchev–Trinajstić information content (AvgIpc) is 2.56. The van der Waals surface area contributed by atoms with Gasteiger partial charge in [-0.25, -0.2) is 0 Å². The summed E-state index contributed by atoms with van der Waals surface area (Å²) >= 11 is 2.49. The predicted octanol–water partition coefficient (Wildman–Crippen LogP) is 3.76. The molecule has 2 saturated carbocycles. The molecule has 0 radical (unpaired) electrons. The van der Waals surface area contributed by atoms with Crippen LogP contribution >= 0.6 is 22.6 Å². The van der Waals surface area contributed by atoms with Gasteiger partial charge in [-0.3, -0.25) is 4.79 Å². The van der Waals surface area contributed by atoms with Gasteiger partial charge in [-0.05, 0) is 36.5 Å². The lowest BCUT2D eigenvalue weighted by Crippen LogP contribution is -2.39. The van der Waals surface area contributed by atoms with E-state index >= 15 is 0 Å². The molecule has 2 rings (SSSR count). The predicted molar refractivity (Wildman–Crippen MR) is 71.2 cm³/mol. The van der Waals surface area contributed by atoms with Crippen molar-refractivity contribution in [2.24, 2.45) is 17.3 Å². The maximum atomic E-state index is 11.7. The number of hydrogen-bond donors (Lipinski definition) is 0. The molecule has 0 amide bonds. The summed E-state index contributed by atoms with van der Waals surface area (Å²) in [7, 11) is 0. The smallest absolute Gasteiger partial charge is 0.133 e. The van der Waals surface area contributed by atoms with Crippen molar-refractivity contribution < 1.29 is 4.79 Å². The summed E-state index contributed by atoms with van der Waals surface area (Å²) in [6, 6.07) is 0. The monoisotopic (exact) mass is 318 g/mol. The molecule has 0 heterocycles. The van der Waals surface area contributed by atoms with E-state index in [0.29, 0.717) is 17.1 Å². The molecule has 15 heavy (non-hydrogen) atoms. The number of carbonyl (C=O) groups is 1. The van der Waals surface area contributed by atoms with Gasteiger partial charge in [0.15, 0.2) is 0 Å². The number of allylic oxidation sites excluding steroid dienone is 1. The Morgan fingerprint density at radius 1 is 1.53 bits per heavy atom. The van der Waals surface area contributed by atoms with Gasteiger partial charge in [0.1, 0.15) is 5.78 Å². The fraction of sp³-hybridized carbons (Fsp3) is 0.769. The normalized spacial score (nSPS) is 40.2. The molecule has 0 saturated heterocycles. The van der Waals surface area contributed by atoms with Crippen molar-refractivity contribution in [3.63, 3.8) is 0 Å². The van der Waals surface area contributed by atoms with Crippen LogP contribution in [0.4, 0.5) is 0 Å². The van der Waals surface area contributed by atoms with E-state index in [1.54, 1.807) is 0 Å². The number of alkyl halides is 1. The molecule has 2 fully saturated rings. The standard InChI is InChI=1S/C13H19IO/c1-2-4-10-5-3-6-11-7-12(15)8-13(10,11)9-14/h2,10-11H,1,3-9H2. The minimum absolute atomic E-state index is 0.337. The van der Waals surface area contributed by atoms with E-state index in [4.69, 9.17) is 0 Å². The van der Waals surface area contributed by atoms with Crippen LogP contribution in [0.5, 0.6) is 0 Å². The van der Waals surface area contributed by atoms with E-state index < -0.39 is 0 Å². The second-order valence-corrected chi connectivity index (χ2v) is 5.90. The molecule has 0 aliphatic heterocycles. The molecule has 2 heteroatoms. The van der Waals surface area contributed by atoms with Crippen molar-refractivity contribution >= 4 is 28.4 Å². The summed E-state index contributed by atoms with van der Waals surface area (Å²) in [5, 5.41) is 0. The summed E-state index contributed by atoms with van der Waals surface area (Å²) in [5.74, 6) is 1.91. The SMILES string of the molecule is C=CCC1CCCC2CC(=O)CC12CI. The molecule has 2 aliphatic rings. The molecule has 0 aromatic heterocycles. The van der Waals surface area contributed by atoms with Crippen molar-refractivity contribution in [1.29, 1.82) is 0 Å². The Morgan fingerprint density at radius 3 is 3.00 bits per heavy atom. The van der Waals surface area contributed by atoms with Gasteiger partial charge < -0.3 is 0 Å². The minimum atomic E-state index is 0.337. The van der Waals surface area contributed by atoms with E-state index in [1.807, 2.05) is 6.08 Å². The summed E-state index contributed by atoms with van der Waals surface area (Å²) in [4.78, 5) is 11.7. The first kappa shape index (κ1) is 11.6. The van der Waals surface area contributed by atoms with Crippen LogP contribution in [0.15, 0.2) is 12.7 Å². The molecule has 1 nitrogen and oxygen atoms in total. The van der Waals surface area contributed by atoms with E-state index in [1.165, 1.54) is 19.3 Å².